The Morgan fingerprint density at radius 1 is 1.39 bits per heavy atom. The maximum absolute atomic E-state index is 11.9. The average Bonchev–Trinajstić information content (AvgIpc) is 2.35. The number of ether oxygens (including phenoxy) is 1. The van der Waals surface area contributed by atoms with Gasteiger partial charge in [0.2, 0.25) is 10.0 Å². The Labute approximate surface area is 132 Å². The molecule has 0 aromatic rings. The predicted molar refractivity (Wildman–Crippen MR) is 75.5 cm³/mol. The SMILES string of the molecule is CCN(CC(=O)O)C1CC(NS(=O)(=O)CCOCC(F)(F)F)C1. The Kier molecular flexibility index (Phi) is 7.24. The quantitative estimate of drug-likeness (QED) is 0.547. The standard InChI is InChI=1S/C12H21F3N2O5S/c1-2-17(7-11(18)19)10-5-9(6-10)16-23(20,21)4-3-22-8-12(13,14)15/h9-10,16H,2-8H2,1H3,(H,18,19). The van der Waals surface area contributed by atoms with Gasteiger partial charge in [-0.3, -0.25) is 9.69 Å². The molecule has 1 saturated carbocycles. The van der Waals surface area contributed by atoms with Crippen LogP contribution in [0.2, 0.25) is 0 Å². The van der Waals surface area contributed by atoms with Crippen LogP contribution in [0.25, 0.3) is 0 Å². The molecule has 0 spiro atoms. The van der Waals surface area contributed by atoms with Crippen LogP contribution in [0.15, 0.2) is 0 Å². The minimum absolute atomic E-state index is 0.00900. The highest BCUT2D eigenvalue weighted by Gasteiger charge is 2.36. The van der Waals surface area contributed by atoms with E-state index >= 15 is 0 Å². The monoisotopic (exact) mass is 362 g/mol. The van der Waals surface area contributed by atoms with E-state index in [4.69, 9.17) is 5.11 Å². The second-order valence-corrected chi connectivity index (χ2v) is 7.26. The number of halogens is 3. The van der Waals surface area contributed by atoms with Gasteiger partial charge in [-0.15, -0.1) is 0 Å². The van der Waals surface area contributed by atoms with Crippen molar-refractivity contribution in [1.29, 1.82) is 0 Å². The third-order valence-corrected chi connectivity index (χ3v) is 4.88. The van der Waals surface area contributed by atoms with Gasteiger partial charge in [0, 0.05) is 12.1 Å². The number of alkyl halides is 3. The Balaban J connectivity index is 2.28. The lowest BCUT2D eigenvalue weighted by atomic mass is 9.86. The number of carbonyl (C=O) groups is 1. The van der Waals surface area contributed by atoms with Gasteiger partial charge in [0.15, 0.2) is 0 Å². The Hall–Kier alpha value is -0.910. The second kappa shape index (κ2) is 8.27. The van der Waals surface area contributed by atoms with Gasteiger partial charge in [-0.1, -0.05) is 6.92 Å². The highest BCUT2D eigenvalue weighted by molar-refractivity contribution is 7.89. The first-order valence-electron chi connectivity index (χ1n) is 7.12. The number of aliphatic carboxylic acids is 1. The molecule has 0 atom stereocenters. The molecule has 23 heavy (non-hydrogen) atoms. The van der Waals surface area contributed by atoms with Crippen LogP contribution >= 0.6 is 0 Å². The van der Waals surface area contributed by atoms with E-state index in [1.165, 1.54) is 0 Å². The summed E-state index contributed by atoms with van der Waals surface area (Å²) >= 11 is 0. The zero-order valence-electron chi connectivity index (χ0n) is 12.7. The molecule has 0 amide bonds. The molecule has 0 unspecified atom stereocenters. The van der Waals surface area contributed by atoms with E-state index in [0.29, 0.717) is 19.4 Å². The van der Waals surface area contributed by atoms with Crippen LogP contribution in [0.1, 0.15) is 19.8 Å². The molecule has 11 heteroatoms. The van der Waals surface area contributed by atoms with Crippen molar-refractivity contribution in [2.75, 3.05) is 32.1 Å². The number of hydrogen-bond donors (Lipinski definition) is 2. The summed E-state index contributed by atoms with van der Waals surface area (Å²) in [7, 11) is -3.72. The Bertz CT molecular complexity index is 491. The lowest BCUT2D eigenvalue weighted by Gasteiger charge is -2.42. The molecule has 1 aliphatic carbocycles. The van der Waals surface area contributed by atoms with Crippen LogP contribution < -0.4 is 4.72 Å². The fourth-order valence-electron chi connectivity index (χ4n) is 2.32. The van der Waals surface area contributed by atoms with Crippen LogP contribution in [-0.4, -0.2) is 74.7 Å². The number of carboxylic acids is 1. The molecule has 0 radical (unpaired) electrons. The third kappa shape index (κ3) is 7.95. The van der Waals surface area contributed by atoms with Gasteiger partial charge >= 0.3 is 12.1 Å². The number of nitrogens with one attached hydrogen (secondary N) is 1. The topological polar surface area (TPSA) is 95.9 Å². The molecule has 1 aliphatic rings. The normalized spacial score (nSPS) is 22.1. The van der Waals surface area contributed by atoms with Gasteiger partial charge in [0.05, 0.1) is 18.9 Å². The van der Waals surface area contributed by atoms with E-state index in [1.807, 2.05) is 6.92 Å². The van der Waals surface area contributed by atoms with Crippen LogP contribution in [0.4, 0.5) is 13.2 Å². The van der Waals surface area contributed by atoms with Crippen molar-refractivity contribution in [2.24, 2.45) is 0 Å². The van der Waals surface area contributed by atoms with Gasteiger partial charge in [0.25, 0.3) is 0 Å². The number of hydrogen-bond acceptors (Lipinski definition) is 5. The van der Waals surface area contributed by atoms with Crippen molar-refractivity contribution in [3.05, 3.63) is 0 Å². The predicted octanol–water partition coefficient (Wildman–Crippen LogP) is 0.422. The van der Waals surface area contributed by atoms with Crippen LogP contribution in [0.5, 0.6) is 0 Å². The molecule has 0 bridgehead atoms. The van der Waals surface area contributed by atoms with E-state index in [9.17, 15) is 26.4 Å². The van der Waals surface area contributed by atoms with Crippen molar-refractivity contribution in [2.45, 2.75) is 38.0 Å². The smallest absolute Gasteiger partial charge is 0.411 e. The first kappa shape index (κ1) is 20.1. The number of sulfonamides is 1. The summed E-state index contributed by atoms with van der Waals surface area (Å²) in [6, 6.07) is -0.333. The average molecular weight is 362 g/mol. The lowest BCUT2D eigenvalue weighted by molar-refractivity contribution is -0.172. The summed E-state index contributed by atoms with van der Waals surface area (Å²) in [6.07, 6.45) is -3.53. The molecule has 0 aromatic heterocycles. The fraction of sp³-hybridized carbons (Fsp3) is 0.917. The lowest BCUT2D eigenvalue weighted by Crippen LogP contribution is -2.55. The number of likely N-dealkylation sites (N-methyl/N-ethyl adjacent to an activating group) is 1. The first-order valence-corrected chi connectivity index (χ1v) is 8.78. The van der Waals surface area contributed by atoms with E-state index in [2.05, 4.69) is 9.46 Å². The van der Waals surface area contributed by atoms with Crippen molar-refractivity contribution in [3.8, 4) is 0 Å². The summed E-state index contributed by atoms with van der Waals surface area (Å²) in [4.78, 5) is 12.4. The van der Waals surface area contributed by atoms with Gasteiger partial charge in [0.1, 0.15) is 6.61 Å². The zero-order chi connectivity index (χ0) is 17.7. The molecule has 0 heterocycles. The Morgan fingerprint density at radius 2 is 2.00 bits per heavy atom. The van der Waals surface area contributed by atoms with Crippen molar-refractivity contribution in [3.63, 3.8) is 0 Å². The minimum Gasteiger partial charge on any atom is -0.480 e. The van der Waals surface area contributed by atoms with Crippen LogP contribution in [0.3, 0.4) is 0 Å². The maximum Gasteiger partial charge on any atom is 0.411 e. The summed E-state index contributed by atoms with van der Waals surface area (Å²) in [5.74, 6) is -1.49. The zero-order valence-corrected chi connectivity index (χ0v) is 13.5. The van der Waals surface area contributed by atoms with Crippen molar-refractivity contribution in [1.82, 2.24) is 9.62 Å². The molecular weight excluding hydrogens is 341 g/mol. The number of nitrogens with zero attached hydrogens (tertiary/aromatic N) is 1. The highest BCUT2D eigenvalue weighted by atomic mass is 32.2. The second-order valence-electron chi connectivity index (χ2n) is 5.38. The van der Waals surface area contributed by atoms with E-state index in [-0.39, 0.29) is 18.6 Å². The molecule has 1 rings (SSSR count). The van der Waals surface area contributed by atoms with E-state index < -0.39 is 41.1 Å². The molecular formula is C12H21F3N2O5S. The molecule has 1 fully saturated rings. The number of carboxylic acid groups (broad SMARTS) is 1. The van der Waals surface area contributed by atoms with E-state index in [0.717, 1.165) is 0 Å². The summed E-state index contributed by atoms with van der Waals surface area (Å²) < 4.78 is 65.6. The molecule has 2 N–H and O–H groups in total. The summed E-state index contributed by atoms with van der Waals surface area (Å²) in [6.45, 7) is 0.242. The van der Waals surface area contributed by atoms with E-state index in [1.54, 1.807) is 4.90 Å². The Morgan fingerprint density at radius 3 is 2.48 bits per heavy atom. The fourth-order valence-corrected chi connectivity index (χ4v) is 3.48. The van der Waals surface area contributed by atoms with Gasteiger partial charge in [-0.2, -0.15) is 13.2 Å². The highest BCUT2D eigenvalue weighted by Crippen LogP contribution is 2.26. The summed E-state index contributed by atoms with van der Waals surface area (Å²) in [5.41, 5.74) is 0. The van der Waals surface area contributed by atoms with Gasteiger partial charge in [-0.25, -0.2) is 13.1 Å². The molecule has 0 aromatic carbocycles. The van der Waals surface area contributed by atoms with Crippen LogP contribution in [0, 0.1) is 0 Å². The molecule has 0 saturated heterocycles. The van der Waals surface area contributed by atoms with Crippen molar-refractivity contribution < 1.29 is 36.2 Å². The minimum atomic E-state index is -4.48. The van der Waals surface area contributed by atoms with Crippen LogP contribution in [-0.2, 0) is 19.6 Å². The maximum atomic E-state index is 11.9. The van der Waals surface area contributed by atoms with Crippen molar-refractivity contribution >= 4 is 16.0 Å². The number of rotatable bonds is 10. The van der Waals surface area contributed by atoms with Gasteiger partial charge in [-0.05, 0) is 19.4 Å². The molecule has 136 valence electrons. The first-order chi connectivity index (χ1) is 10.5. The largest absolute Gasteiger partial charge is 0.480 e. The third-order valence-electron chi connectivity index (χ3n) is 3.48. The summed E-state index contributed by atoms with van der Waals surface area (Å²) in [5, 5.41) is 8.77. The molecule has 7 nitrogen and oxygen atoms in total. The molecule has 0 aliphatic heterocycles. The van der Waals surface area contributed by atoms with Gasteiger partial charge < -0.3 is 9.84 Å².